The molecule has 118 heavy (non-hydrogen) atoms. The molecule has 38 heteroatoms. The number of aromatic nitrogens is 1. The van der Waals surface area contributed by atoms with Crippen molar-refractivity contribution < 1.29 is 91.0 Å². The molecular formula is C80H109N19O19. The average Bonchev–Trinajstić information content (AvgIpc) is 1.55. The van der Waals surface area contributed by atoms with E-state index in [9.17, 15) is 86.3 Å². The van der Waals surface area contributed by atoms with Gasteiger partial charge in [-0.3, -0.25) is 91.3 Å². The zero-order valence-corrected chi connectivity index (χ0v) is 69.8. The lowest BCUT2D eigenvalue weighted by Gasteiger charge is -2.31. The predicted octanol–water partition coefficient (Wildman–Crippen LogP) is -0.953. The Morgan fingerprint density at radius 2 is 1.03 bits per heavy atom. The second kappa shape index (κ2) is 43.8. The van der Waals surface area contributed by atoms with Crippen molar-refractivity contribution in [2.24, 2.45) is 10.7 Å². The van der Waals surface area contributed by atoms with Crippen LogP contribution in [0.2, 0.25) is 0 Å². The van der Waals surface area contributed by atoms with Crippen LogP contribution in [0.15, 0.2) is 71.4 Å². The molecule has 3 aliphatic rings. The van der Waals surface area contributed by atoms with Crippen LogP contribution in [0.5, 0.6) is 5.75 Å². The molecule has 4 heterocycles. The van der Waals surface area contributed by atoms with Crippen molar-refractivity contribution in [1.29, 1.82) is 0 Å². The fourth-order valence-corrected chi connectivity index (χ4v) is 12.3. The number of ketones is 1. The maximum atomic E-state index is 13.9. The summed E-state index contributed by atoms with van der Waals surface area (Å²) >= 11 is 0. The number of amidine groups is 1. The zero-order valence-electron chi connectivity index (χ0n) is 69.8. The van der Waals surface area contributed by atoms with E-state index in [1.165, 1.54) is 114 Å². The first-order chi connectivity index (χ1) is 55.6. The normalized spacial score (nSPS) is 13.1. The summed E-state index contributed by atoms with van der Waals surface area (Å²) in [5.41, 5.74) is 10.6. The van der Waals surface area contributed by atoms with Gasteiger partial charge in [-0.15, -0.1) is 0 Å². The Morgan fingerprint density at radius 1 is 0.559 bits per heavy atom. The number of nitrogens with one attached hydrogen (secondary N) is 3. The minimum atomic E-state index is -1.10. The van der Waals surface area contributed by atoms with Gasteiger partial charge in [-0.05, 0) is 87.9 Å². The summed E-state index contributed by atoms with van der Waals surface area (Å²) in [7, 11) is 13.4. The summed E-state index contributed by atoms with van der Waals surface area (Å²) in [4.78, 5) is 259. The van der Waals surface area contributed by atoms with Crippen molar-refractivity contribution in [2.75, 3.05) is 172 Å². The van der Waals surface area contributed by atoms with Crippen molar-refractivity contribution in [2.45, 2.75) is 105 Å². The molecule has 0 unspecified atom stereocenters. The third-order valence-corrected chi connectivity index (χ3v) is 19.5. The highest BCUT2D eigenvalue weighted by Crippen LogP contribution is 2.32. The predicted molar refractivity (Wildman–Crippen MR) is 432 cm³/mol. The Morgan fingerprint density at radius 3 is 1.49 bits per heavy atom. The number of likely N-dealkylation sites (N-methyl/N-ethyl adjacent to an activating group) is 10. The number of anilines is 2. The largest absolute Gasteiger partial charge is 0.493 e. The highest BCUT2D eigenvalue weighted by molar-refractivity contribution is 6.28. The van der Waals surface area contributed by atoms with Gasteiger partial charge < -0.3 is 85.2 Å². The SMILES string of the molecule is CCCN(CCC)C(=O)C1=Cc2ccc(C(=O)Nc3cnc4c(c3)CN(C(=O)[C@H](C)NC(=O)[C@H](C)NC(=O)CCc3ccc(N5C(=O)C=CC5=O)cc3OCCCC(=O)N(C)CC(=O)N(C)CC(=O)N(C)CC(=O)N(C)CC(=O)N(C)CC(=O)N(C)CC(=O)N(C)CC(=O)N(C)CC(=O)N(C)CC(=O)N(C)CC(C)=O)CC4)cc2N=C(N)C1. The van der Waals surface area contributed by atoms with E-state index in [4.69, 9.17) is 10.5 Å². The Hall–Kier alpha value is -12.8. The summed E-state index contributed by atoms with van der Waals surface area (Å²) in [6.45, 7) is 5.58. The lowest BCUT2D eigenvalue weighted by atomic mass is 10.0. The van der Waals surface area contributed by atoms with Gasteiger partial charge in [0.15, 0.2) is 0 Å². The molecule has 0 spiro atoms. The summed E-state index contributed by atoms with van der Waals surface area (Å²) in [6, 6.07) is 9.09. The average molecular weight is 1640 g/mol. The Bertz CT molecular complexity index is 4440. The van der Waals surface area contributed by atoms with Gasteiger partial charge >= 0.3 is 0 Å². The highest BCUT2D eigenvalue weighted by Gasteiger charge is 2.33. The second-order valence-electron chi connectivity index (χ2n) is 29.6. The van der Waals surface area contributed by atoms with Crippen molar-refractivity contribution in [3.8, 4) is 5.75 Å². The summed E-state index contributed by atoms with van der Waals surface area (Å²) in [6.07, 6.45) is 7.53. The number of aryl methyl sites for hydroxylation is 1. The molecule has 5 N–H and O–H groups in total. The van der Waals surface area contributed by atoms with E-state index in [1.54, 1.807) is 46.2 Å². The molecule has 1 aromatic heterocycles. The summed E-state index contributed by atoms with van der Waals surface area (Å²) in [5, 5.41) is 8.22. The van der Waals surface area contributed by atoms with Crippen LogP contribution in [0, 0.1) is 0 Å². The number of imide groups is 1. The molecule has 0 fully saturated rings. The van der Waals surface area contributed by atoms with E-state index < -0.39 is 159 Å². The quantitative estimate of drug-likeness (QED) is 0.0394. The number of carbonyl (C=O) groups is 18. The van der Waals surface area contributed by atoms with Gasteiger partial charge in [0.25, 0.3) is 17.7 Å². The zero-order chi connectivity index (χ0) is 87.7. The maximum absolute atomic E-state index is 13.9. The number of rotatable bonds is 40. The number of hydrogen-bond acceptors (Lipinski definition) is 22. The molecule has 2 aromatic carbocycles. The van der Waals surface area contributed by atoms with E-state index >= 15 is 0 Å². The highest BCUT2D eigenvalue weighted by atomic mass is 16.5. The van der Waals surface area contributed by atoms with Crippen LogP contribution >= 0.6 is 0 Å². The number of ether oxygens (including phenoxy) is 1. The first kappa shape index (κ1) is 94.1. The van der Waals surface area contributed by atoms with E-state index in [-0.39, 0.29) is 92.9 Å². The maximum Gasteiger partial charge on any atom is 0.258 e. The Kier molecular flexibility index (Phi) is 34.9. The van der Waals surface area contributed by atoms with Crippen LogP contribution in [0.4, 0.5) is 17.1 Å². The van der Waals surface area contributed by atoms with Crippen molar-refractivity contribution >= 4 is 135 Å². The summed E-state index contributed by atoms with van der Waals surface area (Å²) in [5.74, 6) is -9.28. The van der Waals surface area contributed by atoms with Gasteiger partial charge in [-0.25, -0.2) is 9.89 Å². The van der Waals surface area contributed by atoms with E-state index in [0.717, 1.165) is 79.7 Å². The minimum Gasteiger partial charge on any atom is -0.493 e. The van der Waals surface area contributed by atoms with Gasteiger partial charge in [-0.1, -0.05) is 26.0 Å². The molecule has 3 aliphatic heterocycles. The lowest BCUT2D eigenvalue weighted by molar-refractivity contribution is -0.146. The molecule has 2 atom stereocenters. The first-order valence-electron chi connectivity index (χ1n) is 38.5. The Balaban J connectivity index is 0.905. The van der Waals surface area contributed by atoms with Crippen molar-refractivity contribution in [1.82, 2.24) is 74.4 Å². The van der Waals surface area contributed by atoms with E-state index in [1.807, 2.05) is 13.8 Å². The molecule has 638 valence electrons. The second-order valence-corrected chi connectivity index (χ2v) is 29.6. The van der Waals surface area contributed by atoms with Gasteiger partial charge in [0.05, 0.1) is 95.3 Å². The number of amides is 17. The number of Topliss-reactive ketones (excluding diaryl/α,β-unsaturated/α-hetero) is 1. The first-order valence-corrected chi connectivity index (χ1v) is 38.5. The van der Waals surface area contributed by atoms with Crippen LogP contribution < -0.4 is 31.3 Å². The lowest BCUT2D eigenvalue weighted by Crippen LogP contribution is -2.53. The van der Waals surface area contributed by atoms with Crippen LogP contribution in [0.25, 0.3) is 6.08 Å². The number of nitrogens with zero attached hydrogens (tertiary/aromatic N) is 15. The fourth-order valence-electron chi connectivity index (χ4n) is 12.3. The molecule has 3 aromatic rings. The smallest absolute Gasteiger partial charge is 0.258 e. The molecule has 0 radical (unpaired) electrons. The molecule has 0 aliphatic carbocycles. The number of pyridine rings is 1. The number of carbonyl (C=O) groups excluding carboxylic acids is 18. The third kappa shape index (κ3) is 27.4. The van der Waals surface area contributed by atoms with Crippen molar-refractivity contribution in [3.63, 3.8) is 0 Å². The number of hydrogen-bond donors (Lipinski definition) is 4. The van der Waals surface area contributed by atoms with Gasteiger partial charge in [-0.2, -0.15) is 0 Å². The number of benzene rings is 2. The molecule has 38 nitrogen and oxygen atoms in total. The topological polar surface area (TPSA) is 446 Å². The third-order valence-electron chi connectivity index (χ3n) is 19.5. The molecule has 0 bridgehead atoms. The number of fused-ring (bicyclic) bond motifs is 2. The number of nitrogens with two attached hydrogens (primary N) is 1. The minimum absolute atomic E-state index is 0.0422. The van der Waals surface area contributed by atoms with E-state index in [0.29, 0.717) is 59.7 Å². The van der Waals surface area contributed by atoms with Crippen LogP contribution in [-0.2, 0) is 101 Å². The Labute approximate surface area is 685 Å². The molecule has 0 saturated carbocycles. The monoisotopic (exact) mass is 1640 g/mol. The van der Waals surface area contributed by atoms with Crippen LogP contribution in [0.3, 0.4) is 0 Å². The van der Waals surface area contributed by atoms with Gasteiger partial charge in [0.2, 0.25) is 82.7 Å². The van der Waals surface area contributed by atoms with Gasteiger partial charge in [0.1, 0.15) is 29.5 Å². The van der Waals surface area contributed by atoms with Crippen LogP contribution in [-0.4, -0.2) is 350 Å². The fraction of sp³-hybridized carbons (Fsp3) is 0.500. The molecule has 0 saturated heterocycles. The standard InChI is InChI=1S/C80H109N19O19/c1-16-29-97(30-17-2)80(117)56-33-54-20-21-55(35-61(54)86-63(81)36-56)78(115)85-58-34-57-40-98(31-28-60(57)82-38-58)79(116)52(5)84-77(114)51(4)83-64(101)25-23-53-22-24-59(99-66(103)26-27-67(99)104)37-62(53)118-32-18-19-65(102)88(7)41-69(106)90(9)43-71(108)92(11)45-73(110)94(13)47-75(112)96(15)49-76(113)95(14)48-74(111)93(12)46-72(109)91(10)44-70(107)89(8)42-68(105)87(6)39-50(3)100/h20-22,24,26-27,33-35,37-38,51-52H,16-19,23,25,28-32,36,39-49H2,1-15H3,(H2,81,86)(H,83,101)(H,84,114)(H,85,115)/t51-,52-/m0/s1. The van der Waals surface area contributed by atoms with E-state index in [2.05, 4.69) is 25.9 Å². The van der Waals surface area contributed by atoms with Crippen molar-refractivity contribution in [3.05, 3.63) is 94.3 Å². The summed E-state index contributed by atoms with van der Waals surface area (Å²) < 4.78 is 6.12. The molecule has 17 amide bonds. The number of aliphatic imine (C=N–C) groups is 1. The molecular weight excluding hydrogens is 1530 g/mol. The van der Waals surface area contributed by atoms with Gasteiger partial charge in [0, 0.05) is 163 Å². The molecule has 6 rings (SSSR count). The van der Waals surface area contributed by atoms with Crippen LogP contribution in [0.1, 0.15) is 106 Å².